The zero-order valence-corrected chi connectivity index (χ0v) is 18.4. The maximum atomic E-state index is 12.7. The van der Waals surface area contributed by atoms with E-state index in [9.17, 15) is 14.4 Å². The molecule has 2 N–H and O–H groups in total. The van der Waals surface area contributed by atoms with E-state index in [1.807, 2.05) is 0 Å². The molecule has 0 unspecified atom stereocenters. The van der Waals surface area contributed by atoms with Gasteiger partial charge in [-0.25, -0.2) is 14.6 Å². The first-order valence-electron chi connectivity index (χ1n) is 9.37. The Labute approximate surface area is 174 Å². The minimum Gasteiger partial charge on any atom is -0.465 e. The number of thiazole rings is 1. The third-order valence-corrected chi connectivity index (χ3v) is 5.24. The number of nitrogens with zero attached hydrogens (tertiary/aromatic N) is 1. The van der Waals surface area contributed by atoms with Crippen molar-refractivity contribution in [2.45, 2.75) is 47.1 Å². The molecule has 0 aliphatic heterocycles. The number of ketones is 1. The van der Waals surface area contributed by atoms with E-state index in [4.69, 9.17) is 9.47 Å². The summed E-state index contributed by atoms with van der Waals surface area (Å²) in [4.78, 5) is 44.1. The van der Waals surface area contributed by atoms with Crippen LogP contribution < -0.4 is 5.32 Å². The third-order valence-electron chi connectivity index (χ3n) is 4.44. The number of methoxy groups -OCH3 is 1. The van der Waals surface area contributed by atoms with Gasteiger partial charge in [0.1, 0.15) is 0 Å². The highest BCUT2D eigenvalue weighted by Crippen LogP contribution is 2.22. The van der Waals surface area contributed by atoms with Crippen LogP contribution in [0.15, 0.2) is 5.38 Å². The molecular formula is C20H27N3O5S. The van der Waals surface area contributed by atoms with Crippen LogP contribution in [0.25, 0.3) is 0 Å². The molecule has 0 saturated carbocycles. The first-order valence-corrected chi connectivity index (χ1v) is 10.3. The summed E-state index contributed by atoms with van der Waals surface area (Å²) < 4.78 is 10.0. The monoisotopic (exact) mass is 421 g/mol. The summed E-state index contributed by atoms with van der Waals surface area (Å²) in [6.45, 7) is 9.84. The lowest BCUT2D eigenvalue weighted by Crippen LogP contribution is -2.25. The van der Waals surface area contributed by atoms with E-state index >= 15 is 0 Å². The summed E-state index contributed by atoms with van der Waals surface area (Å²) in [5, 5.41) is 5.40. The Balaban J connectivity index is 2.04. The highest BCUT2D eigenvalue weighted by Gasteiger charge is 2.28. The maximum absolute atomic E-state index is 12.7. The average Bonchev–Trinajstić information content (AvgIpc) is 3.24. The van der Waals surface area contributed by atoms with Gasteiger partial charge in [-0.3, -0.25) is 4.79 Å². The standard InChI is InChI=1S/C20H27N3O5S/c1-10(2)7-8-21-20-23-14(9-29-20)18(25)28-13(5)17(24)16-11(3)15(12(4)22-16)19(26)27-6/h9-10,13,22H,7-8H2,1-6H3,(H,21,23)/t13-/m0/s1. The second kappa shape index (κ2) is 9.69. The molecule has 0 saturated heterocycles. The van der Waals surface area contributed by atoms with Gasteiger partial charge in [0.2, 0.25) is 5.78 Å². The van der Waals surface area contributed by atoms with Crippen LogP contribution in [0.5, 0.6) is 0 Å². The second-order valence-corrected chi connectivity index (χ2v) is 8.03. The van der Waals surface area contributed by atoms with E-state index in [1.54, 1.807) is 19.2 Å². The largest absolute Gasteiger partial charge is 0.465 e. The SMILES string of the molecule is COC(=O)c1c(C)[nH]c(C(=O)[C@H](C)OC(=O)c2csc(NCCC(C)C)n2)c1C. The summed E-state index contributed by atoms with van der Waals surface area (Å²) in [5.41, 5.74) is 1.67. The number of rotatable bonds is 9. The van der Waals surface area contributed by atoms with E-state index < -0.39 is 23.8 Å². The smallest absolute Gasteiger partial charge is 0.358 e. The van der Waals surface area contributed by atoms with Crippen molar-refractivity contribution in [3.8, 4) is 0 Å². The predicted molar refractivity (Wildman–Crippen MR) is 111 cm³/mol. The fraction of sp³-hybridized carbons (Fsp3) is 0.500. The molecule has 0 amide bonds. The van der Waals surface area contributed by atoms with Crippen LogP contribution in [0.4, 0.5) is 5.13 Å². The minimum atomic E-state index is -1.04. The van der Waals surface area contributed by atoms with Crippen LogP contribution in [0.3, 0.4) is 0 Å². The number of ether oxygens (including phenoxy) is 2. The lowest BCUT2D eigenvalue weighted by Gasteiger charge is -2.11. The van der Waals surface area contributed by atoms with Crippen LogP contribution in [0.1, 0.15) is 69.8 Å². The first-order chi connectivity index (χ1) is 13.6. The average molecular weight is 422 g/mol. The van der Waals surface area contributed by atoms with Crippen molar-refractivity contribution in [1.82, 2.24) is 9.97 Å². The molecule has 0 bridgehead atoms. The topological polar surface area (TPSA) is 110 Å². The van der Waals surface area contributed by atoms with Crippen LogP contribution >= 0.6 is 11.3 Å². The molecule has 1 atom stereocenters. The molecule has 0 radical (unpaired) electrons. The zero-order chi connectivity index (χ0) is 21.7. The number of aromatic nitrogens is 2. The summed E-state index contributed by atoms with van der Waals surface area (Å²) in [6.07, 6.45) is -0.0447. The van der Waals surface area contributed by atoms with Gasteiger partial charge >= 0.3 is 11.9 Å². The normalized spacial score (nSPS) is 12.0. The number of aryl methyl sites for hydroxylation is 1. The number of hydrogen-bond donors (Lipinski definition) is 2. The molecule has 0 aliphatic carbocycles. The summed E-state index contributed by atoms with van der Waals surface area (Å²) in [6, 6.07) is 0. The Morgan fingerprint density at radius 3 is 2.52 bits per heavy atom. The quantitative estimate of drug-likeness (QED) is 0.468. The summed E-state index contributed by atoms with van der Waals surface area (Å²) in [5.74, 6) is -1.06. The van der Waals surface area contributed by atoms with Crippen LogP contribution in [0, 0.1) is 19.8 Å². The number of H-pyrrole nitrogens is 1. The highest BCUT2D eigenvalue weighted by molar-refractivity contribution is 7.13. The van der Waals surface area contributed by atoms with Crippen LogP contribution in [-0.4, -0.2) is 47.4 Å². The molecule has 0 aromatic carbocycles. The van der Waals surface area contributed by atoms with Crippen molar-refractivity contribution in [1.29, 1.82) is 0 Å². The van der Waals surface area contributed by atoms with Crippen LogP contribution in [0.2, 0.25) is 0 Å². The second-order valence-electron chi connectivity index (χ2n) is 7.18. The van der Waals surface area contributed by atoms with Crippen molar-refractivity contribution < 1.29 is 23.9 Å². The Bertz CT molecular complexity index is 900. The van der Waals surface area contributed by atoms with Crippen molar-refractivity contribution in [2.24, 2.45) is 5.92 Å². The number of carbonyl (C=O) groups is 3. The molecule has 0 spiro atoms. The van der Waals surface area contributed by atoms with E-state index in [-0.39, 0.29) is 11.4 Å². The Morgan fingerprint density at radius 2 is 1.90 bits per heavy atom. The third kappa shape index (κ3) is 5.44. The Morgan fingerprint density at radius 1 is 1.21 bits per heavy atom. The summed E-state index contributed by atoms with van der Waals surface area (Å²) >= 11 is 1.31. The van der Waals surface area contributed by atoms with E-state index in [0.717, 1.165) is 13.0 Å². The molecule has 0 fully saturated rings. The predicted octanol–water partition coefficient (Wildman–Crippen LogP) is 3.76. The molecule has 2 rings (SSSR count). The molecule has 29 heavy (non-hydrogen) atoms. The number of Topliss-reactive ketones (excluding diaryl/α,β-unsaturated/α-hetero) is 1. The number of hydrogen-bond acceptors (Lipinski definition) is 8. The van der Waals surface area contributed by atoms with Gasteiger partial charge < -0.3 is 19.8 Å². The molecule has 9 heteroatoms. The molecule has 2 aromatic heterocycles. The van der Waals surface area contributed by atoms with Crippen molar-refractivity contribution in [2.75, 3.05) is 19.0 Å². The van der Waals surface area contributed by atoms with Crippen molar-refractivity contribution >= 4 is 34.2 Å². The van der Waals surface area contributed by atoms with Crippen LogP contribution in [-0.2, 0) is 9.47 Å². The lowest BCUT2D eigenvalue weighted by molar-refractivity contribution is 0.0312. The first kappa shape index (κ1) is 22.6. The molecule has 8 nitrogen and oxygen atoms in total. The number of nitrogens with one attached hydrogen (secondary N) is 2. The molecule has 2 aromatic rings. The minimum absolute atomic E-state index is 0.149. The fourth-order valence-electron chi connectivity index (χ4n) is 2.80. The number of aromatic amines is 1. The van der Waals surface area contributed by atoms with Gasteiger partial charge in [-0.1, -0.05) is 13.8 Å². The van der Waals surface area contributed by atoms with Gasteiger partial charge in [-0.2, -0.15) is 0 Å². The molecule has 0 aliphatic rings. The Kier molecular flexibility index (Phi) is 7.55. The maximum Gasteiger partial charge on any atom is 0.358 e. The van der Waals surface area contributed by atoms with Crippen molar-refractivity contribution in [3.63, 3.8) is 0 Å². The summed E-state index contributed by atoms with van der Waals surface area (Å²) in [7, 11) is 1.28. The van der Waals surface area contributed by atoms with E-state index in [1.165, 1.54) is 25.4 Å². The van der Waals surface area contributed by atoms with E-state index in [2.05, 4.69) is 29.1 Å². The van der Waals surface area contributed by atoms with Gasteiger partial charge in [0.25, 0.3) is 0 Å². The highest BCUT2D eigenvalue weighted by atomic mass is 32.1. The molecular weight excluding hydrogens is 394 g/mol. The lowest BCUT2D eigenvalue weighted by atomic mass is 10.1. The van der Waals surface area contributed by atoms with Gasteiger partial charge in [-0.15, -0.1) is 11.3 Å². The van der Waals surface area contributed by atoms with Gasteiger partial charge in [0, 0.05) is 17.6 Å². The number of carbonyl (C=O) groups excluding carboxylic acids is 3. The van der Waals surface area contributed by atoms with Gasteiger partial charge in [0.05, 0.1) is 18.4 Å². The Hall–Kier alpha value is -2.68. The number of esters is 2. The van der Waals surface area contributed by atoms with Gasteiger partial charge in [0.15, 0.2) is 16.9 Å². The van der Waals surface area contributed by atoms with Crippen molar-refractivity contribution in [3.05, 3.63) is 33.6 Å². The van der Waals surface area contributed by atoms with E-state index in [0.29, 0.717) is 27.9 Å². The van der Waals surface area contributed by atoms with Gasteiger partial charge in [-0.05, 0) is 38.7 Å². The zero-order valence-electron chi connectivity index (χ0n) is 17.5. The fourth-order valence-corrected chi connectivity index (χ4v) is 3.51. The number of anilines is 1. The molecule has 158 valence electrons. The molecule has 2 heterocycles.